The van der Waals surface area contributed by atoms with Crippen LogP contribution in [0.4, 0.5) is 5.69 Å². The minimum absolute atomic E-state index is 0.100. The molecule has 0 spiro atoms. The van der Waals surface area contributed by atoms with Crippen LogP contribution in [0.25, 0.3) is 0 Å². The zero-order valence-corrected chi connectivity index (χ0v) is 14.4. The van der Waals surface area contributed by atoms with E-state index in [1.807, 2.05) is 25.1 Å². The molecule has 114 valence electrons. The van der Waals surface area contributed by atoms with Gasteiger partial charge in [0.15, 0.2) is 0 Å². The van der Waals surface area contributed by atoms with Crippen molar-refractivity contribution in [1.82, 2.24) is 5.32 Å². The summed E-state index contributed by atoms with van der Waals surface area (Å²) < 4.78 is 0.986. The second kappa shape index (κ2) is 7.90. The van der Waals surface area contributed by atoms with Crippen molar-refractivity contribution in [3.05, 3.63) is 29.8 Å². The number of aliphatic imine (C=N–C) groups is 1. The van der Waals surface area contributed by atoms with Crippen molar-refractivity contribution in [1.29, 1.82) is 0 Å². The quantitative estimate of drug-likeness (QED) is 0.876. The molecular weight excluding hydrogens is 300 g/mol. The van der Waals surface area contributed by atoms with Crippen molar-refractivity contribution in [2.75, 3.05) is 0 Å². The van der Waals surface area contributed by atoms with E-state index in [-0.39, 0.29) is 17.2 Å². The highest BCUT2D eigenvalue weighted by Gasteiger charge is 2.20. The summed E-state index contributed by atoms with van der Waals surface area (Å²) in [6, 6.07) is 8.42. The summed E-state index contributed by atoms with van der Waals surface area (Å²) in [5, 5.41) is 2.95. The minimum atomic E-state index is -0.110. The molecule has 2 rings (SSSR count). The summed E-state index contributed by atoms with van der Waals surface area (Å²) in [5.41, 5.74) is 2.30. The first-order chi connectivity index (χ1) is 10.1. The molecule has 5 heteroatoms. The molecule has 1 amide bonds. The Morgan fingerprint density at radius 2 is 2.19 bits per heavy atom. The predicted molar refractivity (Wildman–Crippen MR) is 94.4 cm³/mol. The number of carbonyl (C=O) groups excluding carboxylic acids is 1. The molecule has 0 aliphatic carbocycles. The van der Waals surface area contributed by atoms with Crippen molar-refractivity contribution in [3.63, 3.8) is 0 Å². The third-order valence-corrected chi connectivity index (χ3v) is 5.61. The van der Waals surface area contributed by atoms with Gasteiger partial charge in [0.2, 0.25) is 5.91 Å². The Kier molecular flexibility index (Phi) is 6.18. The van der Waals surface area contributed by atoms with Crippen LogP contribution < -0.4 is 5.32 Å². The van der Waals surface area contributed by atoms with Gasteiger partial charge in [-0.15, -0.1) is 0 Å². The Hall–Kier alpha value is -0.940. The molecule has 0 aromatic heterocycles. The van der Waals surface area contributed by atoms with Gasteiger partial charge in [0.1, 0.15) is 4.38 Å². The van der Waals surface area contributed by atoms with Crippen molar-refractivity contribution < 1.29 is 4.79 Å². The molecule has 0 radical (unpaired) electrons. The Morgan fingerprint density at radius 3 is 2.95 bits per heavy atom. The molecule has 0 fully saturated rings. The number of nitrogens with one attached hydrogen (secondary N) is 1. The molecule has 1 N–H and O–H groups in total. The van der Waals surface area contributed by atoms with Gasteiger partial charge in [0.25, 0.3) is 0 Å². The lowest BCUT2D eigenvalue weighted by Gasteiger charge is -2.19. The number of carbonyl (C=O) groups is 1. The first kappa shape index (κ1) is 16.4. The number of thioether (sulfide) groups is 2. The van der Waals surface area contributed by atoms with E-state index in [1.54, 1.807) is 23.5 Å². The van der Waals surface area contributed by atoms with Crippen LogP contribution in [0.3, 0.4) is 0 Å². The van der Waals surface area contributed by atoms with Crippen LogP contribution in [0.2, 0.25) is 0 Å². The first-order valence-electron chi connectivity index (χ1n) is 7.36. The fraction of sp³-hybridized carbons (Fsp3) is 0.500. The van der Waals surface area contributed by atoms with E-state index < -0.39 is 0 Å². The van der Waals surface area contributed by atoms with Gasteiger partial charge in [-0.05, 0) is 31.9 Å². The molecule has 2 atom stereocenters. The van der Waals surface area contributed by atoms with Gasteiger partial charge in [-0.2, -0.15) is 0 Å². The summed E-state index contributed by atoms with van der Waals surface area (Å²) in [5.74, 6) is 1.03. The topological polar surface area (TPSA) is 41.5 Å². The normalized spacial score (nSPS) is 16.6. The molecule has 0 saturated heterocycles. The van der Waals surface area contributed by atoms with Crippen LogP contribution in [0.5, 0.6) is 0 Å². The lowest BCUT2D eigenvalue weighted by molar-refractivity contribution is -0.120. The number of hydrogen-bond donors (Lipinski definition) is 1. The molecule has 1 aliphatic rings. The van der Waals surface area contributed by atoms with Gasteiger partial charge < -0.3 is 5.32 Å². The number of hydrogen-bond acceptors (Lipinski definition) is 4. The average molecular weight is 322 g/mol. The molecule has 1 aromatic rings. The summed E-state index contributed by atoms with van der Waals surface area (Å²) >= 11 is 3.27. The number of benzene rings is 1. The summed E-state index contributed by atoms with van der Waals surface area (Å²) in [4.78, 5) is 16.8. The molecule has 3 nitrogen and oxygen atoms in total. The van der Waals surface area contributed by atoms with E-state index in [1.165, 1.54) is 5.56 Å². The van der Waals surface area contributed by atoms with Crippen LogP contribution in [0.15, 0.2) is 29.3 Å². The third kappa shape index (κ3) is 4.78. The Balaban J connectivity index is 1.93. The maximum absolute atomic E-state index is 12.2. The molecule has 0 saturated carbocycles. The number of nitrogens with zero attached hydrogens (tertiary/aromatic N) is 1. The maximum atomic E-state index is 12.2. The molecule has 1 aromatic carbocycles. The zero-order valence-electron chi connectivity index (χ0n) is 12.8. The standard InChI is InChI=1S/C16H22N2OS2/c1-4-7-11(2)17-15(19)12(3)21-16-18-14-9-6-5-8-13(14)10-20-16/h5-6,8-9,11-12H,4,7,10H2,1-3H3,(H,17,19). The molecule has 1 aliphatic heterocycles. The van der Waals surface area contributed by atoms with E-state index in [0.29, 0.717) is 0 Å². The van der Waals surface area contributed by atoms with Crippen LogP contribution in [0.1, 0.15) is 39.2 Å². The van der Waals surface area contributed by atoms with Gasteiger partial charge in [0.05, 0.1) is 10.9 Å². The Morgan fingerprint density at radius 1 is 1.43 bits per heavy atom. The first-order valence-corrected chi connectivity index (χ1v) is 9.23. The number of fused-ring (bicyclic) bond motifs is 1. The zero-order chi connectivity index (χ0) is 15.2. The van der Waals surface area contributed by atoms with E-state index >= 15 is 0 Å². The van der Waals surface area contributed by atoms with Crippen molar-refractivity contribution in [2.24, 2.45) is 4.99 Å². The van der Waals surface area contributed by atoms with Crippen molar-refractivity contribution >= 4 is 39.5 Å². The molecule has 21 heavy (non-hydrogen) atoms. The summed E-state index contributed by atoms with van der Waals surface area (Å²) in [6.07, 6.45) is 2.11. The summed E-state index contributed by atoms with van der Waals surface area (Å²) in [6.45, 7) is 6.13. The second-order valence-electron chi connectivity index (χ2n) is 5.25. The Labute approximate surface area is 135 Å². The highest BCUT2D eigenvalue weighted by atomic mass is 32.2. The molecule has 1 heterocycles. The van der Waals surface area contributed by atoms with Crippen molar-refractivity contribution in [3.8, 4) is 0 Å². The number of amides is 1. The molecular formula is C16H22N2OS2. The van der Waals surface area contributed by atoms with E-state index in [4.69, 9.17) is 0 Å². The van der Waals surface area contributed by atoms with Crippen LogP contribution in [-0.2, 0) is 10.5 Å². The predicted octanol–water partition coefficient (Wildman–Crippen LogP) is 4.35. The fourth-order valence-electron chi connectivity index (χ4n) is 2.14. The SMILES string of the molecule is CCCC(C)NC(=O)C(C)SC1=Nc2ccccc2CS1. The van der Waals surface area contributed by atoms with Gasteiger partial charge in [-0.25, -0.2) is 4.99 Å². The number of para-hydroxylation sites is 1. The highest BCUT2D eigenvalue weighted by Crippen LogP contribution is 2.35. The fourth-order valence-corrected chi connectivity index (χ4v) is 4.34. The van der Waals surface area contributed by atoms with Gasteiger partial charge >= 0.3 is 0 Å². The van der Waals surface area contributed by atoms with Crippen LogP contribution in [0, 0.1) is 0 Å². The highest BCUT2D eigenvalue weighted by molar-refractivity contribution is 8.39. The van der Waals surface area contributed by atoms with Crippen LogP contribution in [-0.4, -0.2) is 21.6 Å². The average Bonchev–Trinajstić information content (AvgIpc) is 2.47. The van der Waals surface area contributed by atoms with Crippen molar-refractivity contribution in [2.45, 2.75) is 50.7 Å². The lowest BCUT2D eigenvalue weighted by Crippen LogP contribution is -2.37. The smallest absolute Gasteiger partial charge is 0.233 e. The largest absolute Gasteiger partial charge is 0.353 e. The second-order valence-corrected chi connectivity index (χ2v) is 7.81. The van der Waals surface area contributed by atoms with E-state index in [9.17, 15) is 4.79 Å². The lowest BCUT2D eigenvalue weighted by atomic mass is 10.2. The Bertz CT molecular complexity index is 531. The van der Waals surface area contributed by atoms with Gasteiger partial charge in [-0.3, -0.25) is 4.79 Å². The molecule has 2 unspecified atom stereocenters. The number of rotatable bonds is 5. The van der Waals surface area contributed by atoms with E-state index in [0.717, 1.165) is 28.7 Å². The minimum Gasteiger partial charge on any atom is -0.353 e. The van der Waals surface area contributed by atoms with Gasteiger partial charge in [0, 0.05) is 11.8 Å². The van der Waals surface area contributed by atoms with E-state index in [2.05, 4.69) is 30.2 Å². The van der Waals surface area contributed by atoms with Gasteiger partial charge in [-0.1, -0.05) is 55.1 Å². The maximum Gasteiger partial charge on any atom is 0.233 e. The third-order valence-electron chi connectivity index (χ3n) is 3.31. The monoisotopic (exact) mass is 322 g/mol. The summed E-state index contributed by atoms with van der Waals surface area (Å²) in [7, 11) is 0. The molecule has 0 bridgehead atoms. The van der Waals surface area contributed by atoms with Crippen LogP contribution >= 0.6 is 23.5 Å².